The smallest absolute Gasteiger partial charge is 0.228 e. The molecule has 2 fully saturated rings. The van der Waals surface area contributed by atoms with E-state index in [0.717, 1.165) is 32.7 Å². The van der Waals surface area contributed by atoms with Crippen molar-refractivity contribution >= 4 is 5.91 Å². The molecule has 0 bridgehead atoms. The summed E-state index contributed by atoms with van der Waals surface area (Å²) in [6.45, 7) is 6.09. The Morgan fingerprint density at radius 1 is 1.57 bits per heavy atom. The summed E-state index contributed by atoms with van der Waals surface area (Å²) in [6, 6.07) is 0.426. The van der Waals surface area contributed by atoms with Gasteiger partial charge in [-0.15, -0.1) is 0 Å². The summed E-state index contributed by atoms with van der Waals surface area (Å²) in [7, 11) is 0. The summed E-state index contributed by atoms with van der Waals surface area (Å²) in [5.74, 6) is 0.413. The van der Waals surface area contributed by atoms with E-state index in [-0.39, 0.29) is 11.8 Å². The van der Waals surface area contributed by atoms with Crippen LogP contribution >= 0.6 is 0 Å². The zero-order chi connectivity index (χ0) is 9.97. The zero-order valence-electron chi connectivity index (χ0n) is 8.66. The van der Waals surface area contributed by atoms with E-state index in [1.54, 1.807) is 0 Å². The van der Waals surface area contributed by atoms with Gasteiger partial charge in [-0.3, -0.25) is 4.79 Å². The molecule has 2 aliphatic rings. The van der Waals surface area contributed by atoms with Crippen molar-refractivity contribution in [3.63, 3.8) is 0 Å². The number of ether oxygens (including phenoxy) is 1. The van der Waals surface area contributed by atoms with Crippen LogP contribution in [0.5, 0.6) is 0 Å². The molecule has 1 amide bonds. The molecule has 0 aliphatic carbocycles. The molecule has 0 aromatic rings. The molecule has 2 rings (SSSR count). The van der Waals surface area contributed by atoms with Crippen molar-refractivity contribution in [1.82, 2.24) is 10.2 Å². The maximum Gasteiger partial charge on any atom is 0.228 e. The van der Waals surface area contributed by atoms with Crippen LogP contribution < -0.4 is 5.32 Å². The summed E-state index contributed by atoms with van der Waals surface area (Å²) < 4.78 is 5.23. The van der Waals surface area contributed by atoms with E-state index < -0.39 is 0 Å². The van der Waals surface area contributed by atoms with Crippen LogP contribution in [0.15, 0.2) is 0 Å². The zero-order valence-corrected chi connectivity index (χ0v) is 8.66. The standard InChI is InChI=1S/C10H18N2O2/c1-8-6-12(4-3-11-8)10(13)9-2-5-14-7-9/h8-9,11H,2-7H2,1H3/t8-,9?/m1/s1. The summed E-state index contributed by atoms with van der Waals surface area (Å²) in [4.78, 5) is 13.9. The van der Waals surface area contributed by atoms with Gasteiger partial charge in [-0.1, -0.05) is 0 Å². The average molecular weight is 198 g/mol. The first-order valence-corrected chi connectivity index (χ1v) is 5.37. The number of carbonyl (C=O) groups excluding carboxylic acids is 1. The van der Waals surface area contributed by atoms with Crippen molar-refractivity contribution in [2.45, 2.75) is 19.4 Å². The predicted molar refractivity (Wildman–Crippen MR) is 53.0 cm³/mol. The number of hydrogen-bond donors (Lipinski definition) is 1. The van der Waals surface area contributed by atoms with Crippen molar-refractivity contribution in [3.8, 4) is 0 Å². The Bertz CT molecular complexity index is 214. The van der Waals surface area contributed by atoms with Crippen LogP contribution in [0.1, 0.15) is 13.3 Å². The normalized spacial score (nSPS) is 33.4. The Labute approximate surface area is 84.6 Å². The van der Waals surface area contributed by atoms with Crippen LogP contribution in [0.2, 0.25) is 0 Å². The van der Waals surface area contributed by atoms with Crippen molar-refractivity contribution in [2.24, 2.45) is 5.92 Å². The number of piperazine rings is 1. The SMILES string of the molecule is C[C@@H]1CN(C(=O)C2CCOC2)CCN1. The van der Waals surface area contributed by atoms with Crippen LogP contribution in [0.4, 0.5) is 0 Å². The predicted octanol–water partition coefficient (Wildman–Crippen LogP) is -0.157. The van der Waals surface area contributed by atoms with E-state index in [1.165, 1.54) is 0 Å². The Morgan fingerprint density at radius 3 is 3.07 bits per heavy atom. The number of rotatable bonds is 1. The van der Waals surface area contributed by atoms with Gasteiger partial charge >= 0.3 is 0 Å². The van der Waals surface area contributed by atoms with Crippen molar-refractivity contribution in [3.05, 3.63) is 0 Å². The highest BCUT2D eigenvalue weighted by atomic mass is 16.5. The van der Waals surface area contributed by atoms with Gasteiger partial charge < -0.3 is 15.0 Å². The van der Waals surface area contributed by atoms with Crippen molar-refractivity contribution in [2.75, 3.05) is 32.8 Å². The van der Waals surface area contributed by atoms with E-state index in [1.807, 2.05) is 4.90 Å². The first-order valence-electron chi connectivity index (χ1n) is 5.37. The van der Waals surface area contributed by atoms with E-state index >= 15 is 0 Å². The Balaban J connectivity index is 1.89. The maximum absolute atomic E-state index is 12.0. The fourth-order valence-corrected chi connectivity index (χ4v) is 2.12. The Kier molecular flexibility index (Phi) is 3.03. The Hall–Kier alpha value is -0.610. The van der Waals surface area contributed by atoms with Crippen LogP contribution in [0, 0.1) is 5.92 Å². The average Bonchev–Trinajstić information content (AvgIpc) is 2.69. The molecule has 0 aromatic heterocycles. The lowest BCUT2D eigenvalue weighted by Gasteiger charge is -2.33. The van der Waals surface area contributed by atoms with Gasteiger partial charge in [-0.2, -0.15) is 0 Å². The molecule has 4 heteroatoms. The van der Waals surface area contributed by atoms with E-state index in [9.17, 15) is 4.79 Å². The van der Waals surface area contributed by atoms with Gasteiger partial charge in [0, 0.05) is 32.3 Å². The fraction of sp³-hybridized carbons (Fsp3) is 0.900. The third-order valence-corrected chi connectivity index (χ3v) is 2.96. The third kappa shape index (κ3) is 2.07. The van der Waals surface area contributed by atoms with Crippen LogP contribution in [0.25, 0.3) is 0 Å². The lowest BCUT2D eigenvalue weighted by atomic mass is 10.1. The van der Waals surface area contributed by atoms with Crippen LogP contribution in [-0.2, 0) is 9.53 Å². The molecule has 0 radical (unpaired) electrons. The highest BCUT2D eigenvalue weighted by Crippen LogP contribution is 2.16. The molecule has 0 aromatic carbocycles. The second kappa shape index (κ2) is 4.28. The number of nitrogens with one attached hydrogen (secondary N) is 1. The summed E-state index contributed by atoms with van der Waals surface area (Å²) in [6.07, 6.45) is 0.900. The lowest BCUT2D eigenvalue weighted by molar-refractivity contribution is -0.136. The summed E-state index contributed by atoms with van der Waals surface area (Å²) >= 11 is 0. The molecule has 4 nitrogen and oxygen atoms in total. The molecule has 1 unspecified atom stereocenters. The molecule has 80 valence electrons. The molecule has 2 atom stereocenters. The van der Waals surface area contributed by atoms with Gasteiger partial charge in [-0.05, 0) is 13.3 Å². The second-order valence-corrected chi connectivity index (χ2v) is 4.20. The van der Waals surface area contributed by atoms with Crippen molar-refractivity contribution < 1.29 is 9.53 Å². The van der Waals surface area contributed by atoms with E-state index in [4.69, 9.17) is 4.74 Å². The molecule has 0 saturated carbocycles. The minimum Gasteiger partial charge on any atom is -0.381 e. The van der Waals surface area contributed by atoms with Gasteiger partial charge in [0.15, 0.2) is 0 Å². The van der Waals surface area contributed by atoms with Gasteiger partial charge in [0.05, 0.1) is 12.5 Å². The monoisotopic (exact) mass is 198 g/mol. The van der Waals surface area contributed by atoms with Gasteiger partial charge in [0.25, 0.3) is 0 Å². The minimum atomic E-state index is 0.125. The molecule has 14 heavy (non-hydrogen) atoms. The molecule has 2 heterocycles. The van der Waals surface area contributed by atoms with Crippen LogP contribution in [0.3, 0.4) is 0 Å². The number of nitrogens with zero attached hydrogens (tertiary/aromatic N) is 1. The molecule has 1 N–H and O–H groups in total. The lowest BCUT2D eigenvalue weighted by Crippen LogP contribution is -2.52. The molecule has 0 spiro atoms. The van der Waals surface area contributed by atoms with Gasteiger partial charge in [-0.25, -0.2) is 0 Å². The molecule has 2 saturated heterocycles. The molecular formula is C10H18N2O2. The van der Waals surface area contributed by atoms with Gasteiger partial charge in [0.2, 0.25) is 5.91 Å². The largest absolute Gasteiger partial charge is 0.381 e. The quantitative estimate of drug-likeness (QED) is 0.637. The van der Waals surface area contributed by atoms with E-state index in [2.05, 4.69) is 12.2 Å². The third-order valence-electron chi connectivity index (χ3n) is 2.96. The van der Waals surface area contributed by atoms with E-state index in [0.29, 0.717) is 12.6 Å². The first-order chi connectivity index (χ1) is 6.77. The Morgan fingerprint density at radius 2 is 2.43 bits per heavy atom. The second-order valence-electron chi connectivity index (χ2n) is 4.20. The van der Waals surface area contributed by atoms with Crippen LogP contribution in [-0.4, -0.2) is 49.7 Å². The first kappa shape index (κ1) is 9.93. The fourth-order valence-electron chi connectivity index (χ4n) is 2.12. The molecular weight excluding hydrogens is 180 g/mol. The highest BCUT2D eigenvalue weighted by molar-refractivity contribution is 5.79. The van der Waals surface area contributed by atoms with Gasteiger partial charge in [0.1, 0.15) is 0 Å². The number of hydrogen-bond acceptors (Lipinski definition) is 3. The summed E-state index contributed by atoms with van der Waals surface area (Å²) in [5.41, 5.74) is 0. The van der Waals surface area contributed by atoms with Crippen molar-refractivity contribution in [1.29, 1.82) is 0 Å². The number of carbonyl (C=O) groups is 1. The maximum atomic E-state index is 12.0. The topological polar surface area (TPSA) is 41.6 Å². The minimum absolute atomic E-state index is 0.125. The molecule has 2 aliphatic heterocycles. The highest BCUT2D eigenvalue weighted by Gasteiger charge is 2.29. The number of amides is 1. The summed E-state index contributed by atoms with van der Waals surface area (Å²) in [5, 5.41) is 3.33.